The van der Waals surface area contributed by atoms with E-state index >= 15 is 0 Å². The van der Waals surface area contributed by atoms with Gasteiger partial charge in [0.25, 0.3) is 0 Å². The summed E-state index contributed by atoms with van der Waals surface area (Å²) >= 11 is 0. The molecule has 18 heavy (non-hydrogen) atoms. The monoisotopic (exact) mass is 253 g/mol. The number of nitrogens with zero attached hydrogens (tertiary/aromatic N) is 1. The first-order valence-electron chi connectivity index (χ1n) is 5.81. The van der Waals surface area contributed by atoms with E-state index in [9.17, 15) is 9.18 Å². The van der Waals surface area contributed by atoms with E-state index in [1.807, 2.05) is 0 Å². The van der Waals surface area contributed by atoms with Gasteiger partial charge < -0.3 is 20.3 Å². The van der Waals surface area contributed by atoms with Crippen LogP contribution in [-0.2, 0) is 0 Å². The second kappa shape index (κ2) is 5.57. The van der Waals surface area contributed by atoms with E-state index in [4.69, 9.17) is 4.74 Å². The number of benzene rings is 1. The predicted molar refractivity (Wildman–Crippen MR) is 66.4 cm³/mol. The van der Waals surface area contributed by atoms with Gasteiger partial charge in [-0.15, -0.1) is 0 Å². The molecule has 1 aromatic rings. The first kappa shape index (κ1) is 12.5. The van der Waals surface area contributed by atoms with Crippen molar-refractivity contribution in [3.8, 4) is 5.75 Å². The average molecular weight is 253 g/mol. The number of carbonyl (C=O) groups excluding carboxylic acids is 1. The molecule has 0 radical (unpaired) electrons. The molecule has 6 heteroatoms. The molecule has 0 unspecified atom stereocenters. The molecule has 0 bridgehead atoms. The topological polar surface area (TPSA) is 53.6 Å². The van der Waals surface area contributed by atoms with E-state index in [0.717, 1.165) is 12.2 Å². The molecule has 2 rings (SSSR count). The number of amides is 2. The Morgan fingerprint density at radius 3 is 3.06 bits per heavy atom. The van der Waals surface area contributed by atoms with Gasteiger partial charge in [0.2, 0.25) is 0 Å². The minimum absolute atomic E-state index is 0.0338. The highest BCUT2D eigenvalue weighted by Crippen LogP contribution is 2.21. The van der Waals surface area contributed by atoms with Gasteiger partial charge in [-0.3, -0.25) is 0 Å². The summed E-state index contributed by atoms with van der Waals surface area (Å²) in [5.41, 5.74) is 0.771. The van der Waals surface area contributed by atoms with Crippen LogP contribution in [0.2, 0.25) is 0 Å². The fraction of sp³-hybridized carbons (Fsp3) is 0.417. The quantitative estimate of drug-likeness (QED) is 0.831. The first-order valence-corrected chi connectivity index (χ1v) is 5.81. The van der Waals surface area contributed by atoms with Gasteiger partial charge >= 0.3 is 6.03 Å². The summed E-state index contributed by atoms with van der Waals surface area (Å²) in [6.07, 6.45) is 0. The lowest BCUT2D eigenvalue weighted by atomic mass is 10.3. The highest BCUT2D eigenvalue weighted by Gasteiger charge is 2.18. The molecule has 1 aliphatic rings. The minimum Gasteiger partial charge on any atom is -0.494 e. The Morgan fingerprint density at radius 1 is 1.56 bits per heavy atom. The van der Waals surface area contributed by atoms with Crippen LogP contribution in [-0.4, -0.2) is 44.2 Å². The molecule has 0 saturated carbocycles. The lowest BCUT2D eigenvalue weighted by Crippen LogP contribution is -2.32. The second-order valence-electron chi connectivity index (χ2n) is 4.00. The molecule has 0 aliphatic carbocycles. The third-order valence-electron chi connectivity index (χ3n) is 2.81. The Morgan fingerprint density at radius 2 is 2.39 bits per heavy atom. The molecular formula is C12H16FN3O2. The number of nitrogens with one attached hydrogen (secondary N) is 2. The molecule has 0 spiro atoms. The summed E-state index contributed by atoms with van der Waals surface area (Å²) in [5, 5.41) is 5.86. The molecule has 0 atom stereocenters. The average Bonchev–Trinajstić information content (AvgIpc) is 2.77. The van der Waals surface area contributed by atoms with Crippen LogP contribution < -0.4 is 15.4 Å². The van der Waals surface area contributed by atoms with Crippen LogP contribution >= 0.6 is 0 Å². The van der Waals surface area contributed by atoms with Gasteiger partial charge in [-0.2, -0.15) is 0 Å². The van der Waals surface area contributed by atoms with Gasteiger partial charge in [-0.05, 0) is 12.1 Å². The van der Waals surface area contributed by atoms with Crippen molar-refractivity contribution in [3.63, 3.8) is 0 Å². The molecule has 0 aromatic heterocycles. The molecular weight excluding hydrogens is 237 g/mol. The van der Waals surface area contributed by atoms with Gasteiger partial charge in [0.1, 0.15) is 0 Å². The zero-order valence-electron chi connectivity index (χ0n) is 10.2. The third kappa shape index (κ3) is 2.82. The Bertz CT molecular complexity index is 439. The van der Waals surface area contributed by atoms with Crippen molar-refractivity contribution in [1.29, 1.82) is 0 Å². The van der Waals surface area contributed by atoms with Crippen LogP contribution in [0, 0.1) is 5.82 Å². The summed E-state index contributed by atoms with van der Waals surface area (Å²) in [6.45, 7) is 2.66. The predicted octanol–water partition coefficient (Wildman–Crippen LogP) is 1.27. The normalized spacial score (nSPS) is 14.6. The molecule has 1 heterocycles. The molecule has 1 aliphatic heterocycles. The highest BCUT2D eigenvalue weighted by molar-refractivity contribution is 5.76. The maximum atomic E-state index is 13.2. The number of carbonyl (C=O) groups is 1. The SMILES string of the molecule is COc1cc(NCCN2CCNC2=O)ccc1F. The van der Waals surface area contributed by atoms with E-state index in [1.54, 1.807) is 17.0 Å². The van der Waals surface area contributed by atoms with Crippen molar-refractivity contribution in [3.05, 3.63) is 24.0 Å². The lowest BCUT2D eigenvalue weighted by Gasteiger charge is -2.15. The molecule has 1 aromatic carbocycles. The Labute approximate surface area is 105 Å². The van der Waals surface area contributed by atoms with Gasteiger partial charge in [0.15, 0.2) is 11.6 Å². The van der Waals surface area contributed by atoms with Crippen LogP contribution in [0.15, 0.2) is 18.2 Å². The molecule has 5 nitrogen and oxygen atoms in total. The standard InChI is InChI=1S/C12H16FN3O2/c1-18-11-8-9(2-3-10(11)13)14-4-6-16-7-5-15-12(16)17/h2-3,8,14H,4-7H2,1H3,(H,15,17). The summed E-state index contributed by atoms with van der Waals surface area (Å²) in [7, 11) is 1.43. The van der Waals surface area contributed by atoms with E-state index in [-0.39, 0.29) is 17.6 Å². The number of methoxy groups -OCH3 is 1. The van der Waals surface area contributed by atoms with Gasteiger partial charge in [-0.25, -0.2) is 9.18 Å². The second-order valence-corrected chi connectivity index (χ2v) is 4.00. The smallest absolute Gasteiger partial charge is 0.317 e. The van der Waals surface area contributed by atoms with Gasteiger partial charge in [-0.1, -0.05) is 0 Å². The van der Waals surface area contributed by atoms with Crippen molar-refractivity contribution in [1.82, 2.24) is 10.2 Å². The van der Waals surface area contributed by atoms with Crippen LogP contribution in [0.5, 0.6) is 5.75 Å². The Hall–Kier alpha value is -1.98. The first-order chi connectivity index (χ1) is 8.70. The summed E-state index contributed by atoms with van der Waals surface area (Å²) in [5.74, 6) is -0.180. The highest BCUT2D eigenvalue weighted by atomic mass is 19.1. The van der Waals surface area contributed by atoms with Crippen molar-refractivity contribution in [2.75, 3.05) is 38.6 Å². The van der Waals surface area contributed by atoms with E-state index in [0.29, 0.717) is 19.6 Å². The van der Waals surface area contributed by atoms with Crippen LogP contribution in [0.25, 0.3) is 0 Å². The summed E-state index contributed by atoms with van der Waals surface area (Å²) in [4.78, 5) is 13.0. The van der Waals surface area contributed by atoms with Crippen LogP contribution in [0.4, 0.5) is 14.9 Å². The summed E-state index contributed by atoms with van der Waals surface area (Å²) < 4.78 is 18.1. The maximum absolute atomic E-state index is 13.2. The van der Waals surface area contributed by atoms with Crippen molar-refractivity contribution in [2.45, 2.75) is 0 Å². The number of halogens is 1. The number of urea groups is 1. The number of hydrogen-bond acceptors (Lipinski definition) is 3. The fourth-order valence-corrected chi connectivity index (χ4v) is 1.83. The Balaban J connectivity index is 1.84. The largest absolute Gasteiger partial charge is 0.494 e. The molecule has 2 N–H and O–H groups in total. The molecule has 2 amide bonds. The van der Waals surface area contributed by atoms with Crippen molar-refractivity contribution in [2.24, 2.45) is 0 Å². The van der Waals surface area contributed by atoms with Crippen molar-refractivity contribution < 1.29 is 13.9 Å². The fourth-order valence-electron chi connectivity index (χ4n) is 1.83. The molecule has 98 valence electrons. The van der Waals surface area contributed by atoms with Gasteiger partial charge in [0.05, 0.1) is 7.11 Å². The number of rotatable bonds is 5. The number of ether oxygens (including phenoxy) is 1. The number of hydrogen-bond donors (Lipinski definition) is 2. The van der Waals surface area contributed by atoms with Gasteiger partial charge in [0, 0.05) is 37.9 Å². The lowest BCUT2D eigenvalue weighted by molar-refractivity contribution is 0.219. The zero-order valence-corrected chi connectivity index (χ0v) is 10.2. The zero-order chi connectivity index (χ0) is 13.0. The van der Waals surface area contributed by atoms with Crippen LogP contribution in [0.1, 0.15) is 0 Å². The van der Waals surface area contributed by atoms with E-state index in [1.165, 1.54) is 13.2 Å². The third-order valence-corrected chi connectivity index (χ3v) is 2.81. The maximum Gasteiger partial charge on any atom is 0.317 e. The van der Waals surface area contributed by atoms with E-state index < -0.39 is 0 Å². The van der Waals surface area contributed by atoms with E-state index in [2.05, 4.69) is 10.6 Å². The minimum atomic E-state index is -0.387. The molecule has 1 fully saturated rings. The van der Waals surface area contributed by atoms with Crippen molar-refractivity contribution >= 4 is 11.7 Å². The number of anilines is 1. The summed E-state index contributed by atoms with van der Waals surface area (Å²) in [6, 6.07) is 4.55. The Kier molecular flexibility index (Phi) is 3.86. The van der Waals surface area contributed by atoms with Crippen LogP contribution in [0.3, 0.4) is 0 Å². The molecule has 1 saturated heterocycles.